The highest BCUT2D eigenvalue weighted by Gasteiger charge is 2.25. The lowest BCUT2D eigenvalue weighted by atomic mass is 9.91. The van der Waals surface area contributed by atoms with Crippen molar-refractivity contribution in [2.24, 2.45) is 0 Å². The van der Waals surface area contributed by atoms with Gasteiger partial charge in [-0.2, -0.15) is 0 Å². The Labute approximate surface area is 115 Å². The molecule has 1 aliphatic rings. The van der Waals surface area contributed by atoms with Crippen LogP contribution in [0.4, 0.5) is 4.39 Å². The highest BCUT2D eigenvalue weighted by molar-refractivity contribution is 5.72. The van der Waals surface area contributed by atoms with E-state index in [9.17, 15) is 4.39 Å². The average molecular weight is 268 g/mol. The highest BCUT2D eigenvalue weighted by Crippen LogP contribution is 2.31. The lowest BCUT2D eigenvalue weighted by Crippen LogP contribution is -2.28. The van der Waals surface area contributed by atoms with Gasteiger partial charge in [-0.1, -0.05) is 24.3 Å². The van der Waals surface area contributed by atoms with Crippen molar-refractivity contribution in [2.45, 2.75) is 12.5 Å². The third kappa shape index (κ3) is 1.80. The third-order valence-corrected chi connectivity index (χ3v) is 3.76. The maximum Gasteiger partial charge on any atom is 0.204 e. The Kier molecular flexibility index (Phi) is 2.57. The number of halogens is 1. The molecule has 0 amide bonds. The van der Waals surface area contributed by atoms with Gasteiger partial charge in [0.1, 0.15) is 11.3 Å². The minimum atomic E-state index is -0.303. The summed E-state index contributed by atoms with van der Waals surface area (Å²) in [5.74, 6) is 0.419. The number of fused-ring (bicyclic) bond motifs is 2. The third-order valence-electron chi connectivity index (χ3n) is 3.76. The molecule has 2 aromatic carbocycles. The van der Waals surface area contributed by atoms with Crippen LogP contribution in [-0.2, 0) is 6.54 Å². The van der Waals surface area contributed by atoms with E-state index in [4.69, 9.17) is 4.42 Å². The number of hydrogen-bond acceptors (Lipinski definition) is 3. The molecule has 3 aromatic rings. The van der Waals surface area contributed by atoms with Crippen molar-refractivity contribution < 1.29 is 8.81 Å². The number of aromatic nitrogens is 1. The molecule has 0 spiro atoms. The van der Waals surface area contributed by atoms with Crippen molar-refractivity contribution in [3.05, 3.63) is 65.3 Å². The number of rotatable bonds is 1. The van der Waals surface area contributed by atoms with Crippen molar-refractivity contribution in [1.29, 1.82) is 0 Å². The summed E-state index contributed by atoms with van der Waals surface area (Å²) in [5, 5.41) is 3.37. The topological polar surface area (TPSA) is 38.1 Å². The fraction of sp³-hybridized carbons (Fsp3) is 0.188. The summed E-state index contributed by atoms with van der Waals surface area (Å²) < 4.78 is 19.0. The number of nitrogens with zero attached hydrogens (tertiary/aromatic N) is 1. The number of hydrogen-bond donors (Lipinski definition) is 1. The van der Waals surface area contributed by atoms with E-state index in [2.05, 4.69) is 22.4 Å². The molecule has 1 aromatic heterocycles. The molecule has 4 rings (SSSR count). The molecule has 4 heteroatoms. The molecule has 1 unspecified atom stereocenters. The first-order valence-electron chi connectivity index (χ1n) is 6.66. The van der Waals surface area contributed by atoms with Crippen molar-refractivity contribution in [2.75, 3.05) is 6.54 Å². The summed E-state index contributed by atoms with van der Waals surface area (Å²) in [6, 6.07) is 12.7. The molecular formula is C16H13FN2O. The number of nitrogens with one attached hydrogen (secondary N) is 1. The molecule has 1 N–H and O–H groups in total. The second-order valence-electron chi connectivity index (χ2n) is 5.05. The quantitative estimate of drug-likeness (QED) is 0.736. The van der Waals surface area contributed by atoms with E-state index >= 15 is 0 Å². The normalized spacial score (nSPS) is 18.1. The van der Waals surface area contributed by atoms with Gasteiger partial charge >= 0.3 is 0 Å². The van der Waals surface area contributed by atoms with E-state index in [0.717, 1.165) is 13.1 Å². The predicted molar refractivity (Wildman–Crippen MR) is 74.0 cm³/mol. The smallest absolute Gasteiger partial charge is 0.204 e. The van der Waals surface area contributed by atoms with Gasteiger partial charge in [0.05, 0.1) is 5.92 Å². The van der Waals surface area contributed by atoms with Gasteiger partial charge in [0.2, 0.25) is 5.89 Å². The summed E-state index contributed by atoms with van der Waals surface area (Å²) in [6.45, 7) is 1.65. The first-order valence-corrected chi connectivity index (χ1v) is 6.66. The van der Waals surface area contributed by atoms with Gasteiger partial charge in [-0.25, -0.2) is 9.37 Å². The van der Waals surface area contributed by atoms with Crippen LogP contribution in [0.2, 0.25) is 0 Å². The SMILES string of the molecule is Fc1ccc2nc(C3CNCc4ccccc43)oc2c1. The number of benzene rings is 2. The van der Waals surface area contributed by atoms with Gasteiger partial charge in [-0.3, -0.25) is 0 Å². The predicted octanol–water partition coefficient (Wildman–Crippen LogP) is 3.20. The fourth-order valence-corrected chi connectivity index (χ4v) is 2.78. The van der Waals surface area contributed by atoms with Crippen molar-refractivity contribution in [1.82, 2.24) is 10.3 Å². The Bertz CT molecular complexity index is 781. The second kappa shape index (κ2) is 4.42. The van der Waals surface area contributed by atoms with Crippen LogP contribution in [0.1, 0.15) is 22.9 Å². The first kappa shape index (κ1) is 11.6. The molecule has 0 bridgehead atoms. The Morgan fingerprint density at radius 1 is 1.20 bits per heavy atom. The lowest BCUT2D eigenvalue weighted by molar-refractivity contribution is 0.463. The summed E-state index contributed by atoms with van der Waals surface area (Å²) in [5.41, 5.74) is 3.70. The minimum absolute atomic E-state index is 0.0791. The zero-order chi connectivity index (χ0) is 13.5. The maximum absolute atomic E-state index is 13.2. The maximum atomic E-state index is 13.2. The van der Waals surface area contributed by atoms with Crippen LogP contribution >= 0.6 is 0 Å². The Morgan fingerprint density at radius 3 is 3.05 bits per heavy atom. The highest BCUT2D eigenvalue weighted by atomic mass is 19.1. The standard InChI is InChI=1S/C16H13FN2O/c17-11-5-6-14-15(7-11)20-16(19-14)13-9-18-8-10-3-1-2-4-12(10)13/h1-7,13,18H,8-9H2. The van der Waals surface area contributed by atoms with Gasteiger partial charge < -0.3 is 9.73 Å². The van der Waals surface area contributed by atoms with E-state index in [-0.39, 0.29) is 11.7 Å². The van der Waals surface area contributed by atoms with Crippen LogP contribution in [0.25, 0.3) is 11.1 Å². The van der Waals surface area contributed by atoms with Crippen molar-refractivity contribution in [3.8, 4) is 0 Å². The zero-order valence-corrected chi connectivity index (χ0v) is 10.8. The fourth-order valence-electron chi connectivity index (χ4n) is 2.78. The molecular weight excluding hydrogens is 255 g/mol. The molecule has 100 valence electrons. The molecule has 0 fully saturated rings. The summed E-state index contributed by atoms with van der Waals surface area (Å²) in [7, 11) is 0. The molecule has 0 aliphatic carbocycles. The lowest BCUT2D eigenvalue weighted by Gasteiger charge is -2.23. The molecule has 2 heterocycles. The van der Waals surface area contributed by atoms with Crippen LogP contribution in [0.15, 0.2) is 46.9 Å². The Hall–Kier alpha value is -2.20. The molecule has 20 heavy (non-hydrogen) atoms. The summed E-state index contributed by atoms with van der Waals surface area (Å²) in [6.07, 6.45) is 0. The van der Waals surface area contributed by atoms with Gasteiger partial charge in [-0.15, -0.1) is 0 Å². The summed E-state index contributed by atoms with van der Waals surface area (Å²) in [4.78, 5) is 4.50. The molecule has 0 saturated carbocycles. The number of oxazole rings is 1. The molecule has 0 saturated heterocycles. The Balaban J connectivity index is 1.84. The van der Waals surface area contributed by atoms with E-state index in [1.165, 1.54) is 23.3 Å². The monoisotopic (exact) mass is 268 g/mol. The largest absolute Gasteiger partial charge is 0.440 e. The summed E-state index contributed by atoms with van der Waals surface area (Å²) >= 11 is 0. The van der Waals surface area contributed by atoms with Gasteiger partial charge in [-0.05, 0) is 23.3 Å². The van der Waals surface area contributed by atoms with E-state index in [1.807, 2.05) is 12.1 Å². The van der Waals surface area contributed by atoms with Gasteiger partial charge in [0.15, 0.2) is 5.58 Å². The van der Waals surface area contributed by atoms with Crippen LogP contribution in [0.3, 0.4) is 0 Å². The van der Waals surface area contributed by atoms with Gasteiger partial charge in [0, 0.05) is 19.2 Å². The van der Waals surface area contributed by atoms with Crippen LogP contribution in [0.5, 0.6) is 0 Å². The molecule has 0 radical (unpaired) electrons. The average Bonchev–Trinajstić information content (AvgIpc) is 2.89. The first-order chi connectivity index (χ1) is 9.81. The van der Waals surface area contributed by atoms with E-state index < -0.39 is 0 Å². The molecule has 3 nitrogen and oxygen atoms in total. The van der Waals surface area contributed by atoms with Crippen molar-refractivity contribution in [3.63, 3.8) is 0 Å². The van der Waals surface area contributed by atoms with Crippen LogP contribution in [-0.4, -0.2) is 11.5 Å². The Morgan fingerprint density at radius 2 is 2.10 bits per heavy atom. The van der Waals surface area contributed by atoms with Crippen LogP contribution in [0, 0.1) is 5.82 Å². The van der Waals surface area contributed by atoms with Gasteiger partial charge in [0.25, 0.3) is 0 Å². The van der Waals surface area contributed by atoms with Crippen LogP contribution < -0.4 is 5.32 Å². The van der Waals surface area contributed by atoms with E-state index in [0.29, 0.717) is 17.0 Å². The molecule has 1 aliphatic heterocycles. The van der Waals surface area contributed by atoms with Crippen molar-refractivity contribution >= 4 is 11.1 Å². The second-order valence-corrected chi connectivity index (χ2v) is 5.05. The van der Waals surface area contributed by atoms with E-state index in [1.54, 1.807) is 6.07 Å². The zero-order valence-electron chi connectivity index (χ0n) is 10.8. The minimum Gasteiger partial charge on any atom is -0.440 e. The molecule has 1 atom stereocenters.